The van der Waals surface area contributed by atoms with Gasteiger partial charge in [-0.15, -0.1) is 5.10 Å². The van der Waals surface area contributed by atoms with Crippen molar-refractivity contribution in [3.05, 3.63) is 75.5 Å². The Morgan fingerprint density at radius 2 is 1.82 bits per heavy atom. The lowest BCUT2D eigenvalue weighted by Gasteiger charge is -2.33. The second kappa shape index (κ2) is 14.8. The third kappa shape index (κ3) is 7.11. The quantitative estimate of drug-likeness (QED) is 0.140. The topological polar surface area (TPSA) is 152 Å². The maximum Gasteiger partial charge on any atom is 0.302 e. The summed E-state index contributed by atoms with van der Waals surface area (Å²) in [6.45, 7) is 5.36. The molecule has 50 heavy (non-hydrogen) atoms. The molecule has 3 heterocycles. The van der Waals surface area contributed by atoms with Crippen molar-refractivity contribution in [3.8, 4) is 17.2 Å². The second-order valence-corrected chi connectivity index (χ2v) is 13.9. The molecule has 1 unspecified atom stereocenters. The molecule has 0 spiro atoms. The average molecular weight is 714 g/mol. The van der Waals surface area contributed by atoms with Crippen molar-refractivity contribution in [2.45, 2.75) is 46.4 Å². The first-order valence-corrected chi connectivity index (χ1v) is 17.6. The van der Waals surface area contributed by atoms with E-state index in [1.165, 1.54) is 39.3 Å². The number of anilines is 1. The largest absolute Gasteiger partial charge is 0.497 e. The van der Waals surface area contributed by atoms with Crippen LogP contribution in [0.1, 0.15) is 54.8 Å². The van der Waals surface area contributed by atoms with Gasteiger partial charge >= 0.3 is 5.97 Å². The number of ether oxygens (including phenoxy) is 4. The Hall–Kier alpha value is -5.12. The molecule has 4 aromatic rings. The molecule has 268 valence electrons. The number of amides is 1. The van der Waals surface area contributed by atoms with Crippen LogP contribution in [0.4, 0.5) is 10.2 Å². The van der Waals surface area contributed by atoms with Gasteiger partial charge in [-0.05, 0) is 44.0 Å². The number of rotatable bonds is 14. The van der Waals surface area contributed by atoms with Crippen LogP contribution in [0.15, 0.2) is 47.3 Å². The molecule has 1 aliphatic heterocycles. The number of aromatic nitrogens is 3. The molecule has 0 saturated heterocycles. The summed E-state index contributed by atoms with van der Waals surface area (Å²) >= 11 is 0. The number of methoxy groups -OCH3 is 2. The fourth-order valence-corrected chi connectivity index (χ4v) is 7.09. The molecule has 0 N–H and O–H groups in total. The number of halogens is 1. The zero-order chi connectivity index (χ0) is 36.3. The molecule has 16 heteroatoms. The van der Waals surface area contributed by atoms with Gasteiger partial charge in [-0.3, -0.25) is 18.7 Å². The molecule has 5 rings (SSSR count). The van der Waals surface area contributed by atoms with Gasteiger partial charge in [-0.25, -0.2) is 17.5 Å². The molecule has 0 saturated carbocycles. The second-order valence-electron chi connectivity index (χ2n) is 11.8. The summed E-state index contributed by atoms with van der Waals surface area (Å²) in [6.07, 6.45) is 0.00937. The number of esters is 1. The highest BCUT2D eigenvalue weighted by Crippen LogP contribution is 2.41. The van der Waals surface area contributed by atoms with Crippen LogP contribution < -0.4 is 24.1 Å². The van der Waals surface area contributed by atoms with Crippen LogP contribution in [-0.2, 0) is 32.7 Å². The minimum Gasteiger partial charge on any atom is -0.497 e. The first kappa shape index (κ1) is 36.2. The van der Waals surface area contributed by atoms with E-state index in [1.807, 2.05) is 13.8 Å². The molecule has 1 atom stereocenters. The van der Waals surface area contributed by atoms with Crippen LogP contribution in [0.5, 0.6) is 17.2 Å². The van der Waals surface area contributed by atoms with E-state index in [2.05, 4.69) is 5.10 Å². The van der Waals surface area contributed by atoms with E-state index in [0.717, 1.165) is 14.6 Å². The number of hydrogen-bond donors (Lipinski definition) is 0. The third-order valence-corrected chi connectivity index (χ3v) is 10.3. The minimum atomic E-state index is -4.10. The first-order chi connectivity index (χ1) is 23.8. The molecular formula is C34H40FN5O9S. The summed E-state index contributed by atoms with van der Waals surface area (Å²) < 4.78 is 67.3. The molecular weight excluding hydrogens is 673 g/mol. The monoisotopic (exact) mass is 713 g/mol. The summed E-state index contributed by atoms with van der Waals surface area (Å²) in [4.78, 5) is 40.9. The number of fused-ring (bicyclic) bond motifs is 3. The van der Waals surface area contributed by atoms with Gasteiger partial charge < -0.3 is 28.4 Å². The zero-order valence-corrected chi connectivity index (χ0v) is 29.6. The van der Waals surface area contributed by atoms with E-state index in [-0.39, 0.29) is 72.0 Å². The Morgan fingerprint density at radius 1 is 1.10 bits per heavy atom. The van der Waals surface area contributed by atoms with Gasteiger partial charge in [0.15, 0.2) is 17.3 Å². The van der Waals surface area contributed by atoms with Crippen LogP contribution in [0.3, 0.4) is 0 Å². The summed E-state index contributed by atoms with van der Waals surface area (Å²) in [5.41, 5.74) is 0.736. The number of hydrogen-bond acceptors (Lipinski definition) is 10. The van der Waals surface area contributed by atoms with Gasteiger partial charge in [0.2, 0.25) is 10.0 Å². The summed E-state index contributed by atoms with van der Waals surface area (Å²) in [6, 6.07) is 10.6. The average Bonchev–Trinajstić information content (AvgIpc) is 3.46. The van der Waals surface area contributed by atoms with E-state index >= 15 is 0 Å². The predicted molar refractivity (Wildman–Crippen MR) is 183 cm³/mol. The normalized spacial score (nSPS) is 14.4. The van der Waals surface area contributed by atoms with Crippen LogP contribution >= 0.6 is 0 Å². The molecule has 0 radical (unpaired) electrons. The number of sulfonamides is 1. The predicted octanol–water partition coefficient (Wildman–Crippen LogP) is 3.74. The maximum absolute atomic E-state index is 14.5. The van der Waals surface area contributed by atoms with E-state index < -0.39 is 33.1 Å². The van der Waals surface area contributed by atoms with Gasteiger partial charge in [-0.2, -0.15) is 0 Å². The highest BCUT2D eigenvalue weighted by Gasteiger charge is 2.39. The first-order valence-electron chi connectivity index (χ1n) is 16.0. The van der Waals surface area contributed by atoms with Gasteiger partial charge in [0.05, 0.1) is 33.1 Å². The number of carbonyl (C=O) groups is 2. The van der Waals surface area contributed by atoms with Crippen LogP contribution in [0.2, 0.25) is 0 Å². The maximum atomic E-state index is 14.5. The number of carbonyl (C=O) groups excluding carboxylic acids is 2. The van der Waals surface area contributed by atoms with Gasteiger partial charge in [0.25, 0.3) is 11.5 Å². The highest BCUT2D eigenvalue weighted by molar-refractivity contribution is 7.92. The molecule has 2 aromatic heterocycles. The van der Waals surface area contributed by atoms with Crippen molar-refractivity contribution < 1.29 is 41.3 Å². The fourth-order valence-electron chi connectivity index (χ4n) is 5.95. The van der Waals surface area contributed by atoms with Crippen molar-refractivity contribution >= 4 is 38.6 Å². The molecule has 1 amide bonds. The van der Waals surface area contributed by atoms with E-state index in [4.69, 9.17) is 18.9 Å². The molecule has 0 bridgehead atoms. The molecule has 1 aliphatic rings. The van der Waals surface area contributed by atoms with Crippen molar-refractivity contribution in [2.75, 3.05) is 51.0 Å². The number of nitrogens with zero attached hydrogens (tertiary/aromatic N) is 5. The number of likely N-dealkylation sites (N-methyl/N-ethyl adjacent to an activating group) is 1. The molecule has 14 nitrogen and oxygen atoms in total. The lowest BCUT2D eigenvalue weighted by atomic mass is 10.2. The highest BCUT2D eigenvalue weighted by atomic mass is 32.2. The smallest absolute Gasteiger partial charge is 0.302 e. The molecule has 0 aliphatic carbocycles. The molecule has 0 fully saturated rings. The minimum absolute atomic E-state index is 0.00635. The van der Waals surface area contributed by atoms with E-state index in [1.54, 1.807) is 40.8 Å². The summed E-state index contributed by atoms with van der Waals surface area (Å²) in [7, 11) is 0.0936. The van der Waals surface area contributed by atoms with Gasteiger partial charge in [0, 0.05) is 44.7 Å². The Balaban J connectivity index is 1.65. The van der Waals surface area contributed by atoms with Crippen molar-refractivity contribution in [1.82, 2.24) is 19.2 Å². The SMILES string of the molecule is CCN1CC(C)n2c(c(OC)c3c(=O)n(Cc4ccc(F)cc4OCc4ccc(OC)cc4)nc(N(C)S(=O)(=O)CCCOC(C)=O)c32)C1=O. The van der Waals surface area contributed by atoms with E-state index in [0.29, 0.717) is 24.4 Å². The van der Waals surface area contributed by atoms with Crippen molar-refractivity contribution in [2.24, 2.45) is 0 Å². The zero-order valence-electron chi connectivity index (χ0n) is 28.8. The Kier molecular flexibility index (Phi) is 10.7. The lowest BCUT2D eigenvalue weighted by molar-refractivity contribution is -0.140. The van der Waals surface area contributed by atoms with Crippen LogP contribution in [0, 0.1) is 5.82 Å². The lowest BCUT2D eigenvalue weighted by Crippen LogP contribution is -2.42. The number of benzene rings is 2. The Labute approximate surface area is 288 Å². The summed E-state index contributed by atoms with van der Waals surface area (Å²) in [5.74, 6) is -1.20. The standard InChI is InChI=1S/C34H40FN5O9S/c1-7-38-18-21(2)40-29-28(31(47-6)30(40)34(38)43)33(42)39(36-32(29)37(4)50(44,45)16-8-15-48-22(3)41)19-24-11-12-25(35)17-27(24)49-20-23-9-13-26(46-5)14-10-23/h9-14,17,21H,7-8,15-16,18-20H2,1-6H3. The Bertz CT molecular complexity index is 2080. The van der Waals surface area contributed by atoms with Gasteiger partial charge in [0.1, 0.15) is 34.8 Å². The summed E-state index contributed by atoms with van der Waals surface area (Å²) in [5, 5.41) is 4.54. The fraction of sp³-hybridized carbons (Fsp3) is 0.412. The van der Waals surface area contributed by atoms with Crippen molar-refractivity contribution in [1.29, 1.82) is 0 Å². The Morgan fingerprint density at radius 3 is 2.46 bits per heavy atom. The third-order valence-electron chi connectivity index (χ3n) is 8.51. The van der Waals surface area contributed by atoms with Crippen LogP contribution in [0.25, 0.3) is 10.9 Å². The molecule has 2 aromatic carbocycles. The van der Waals surface area contributed by atoms with Crippen molar-refractivity contribution in [3.63, 3.8) is 0 Å². The van der Waals surface area contributed by atoms with E-state index in [9.17, 15) is 27.2 Å². The van der Waals surface area contributed by atoms with Crippen LogP contribution in [-0.4, -0.2) is 86.3 Å². The van der Waals surface area contributed by atoms with Gasteiger partial charge in [-0.1, -0.05) is 18.2 Å².